The van der Waals surface area contributed by atoms with Crippen LogP contribution >= 0.6 is 0 Å². The average molecular weight is 429 g/mol. The van der Waals surface area contributed by atoms with Crippen LogP contribution in [0.2, 0.25) is 0 Å². The Labute approximate surface area is 186 Å². The van der Waals surface area contributed by atoms with Crippen molar-refractivity contribution < 1.29 is 18.7 Å². The molecule has 0 atom stereocenters. The van der Waals surface area contributed by atoms with E-state index in [1.54, 1.807) is 23.2 Å². The van der Waals surface area contributed by atoms with E-state index in [-0.39, 0.29) is 18.4 Å². The molecule has 0 radical (unpaired) electrons. The first kappa shape index (κ1) is 24.7. The van der Waals surface area contributed by atoms with Gasteiger partial charge in [0.05, 0.1) is 19.4 Å². The SMILES string of the molecule is CCCCCCC(=O)N(CCCOC)CC(=O)N(Cc1ccccc1)Cc1ccco1. The Morgan fingerprint density at radius 3 is 2.39 bits per heavy atom. The van der Waals surface area contributed by atoms with E-state index in [0.29, 0.717) is 39.1 Å². The molecule has 0 aliphatic carbocycles. The summed E-state index contributed by atoms with van der Waals surface area (Å²) in [6.45, 7) is 4.15. The van der Waals surface area contributed by atoms with Crippen molar-refractivity contribution in [1.29, 1.82) is 0 Å². The van der Waals surface area contributed by atoms with Gasteiger partial charge in [-0.1, -0.05) is 56.5 Å². The monoisotopic (exact) mass is 428 g/mol. The summed E-state index contributed by atoms with van der Waals surface area (Å²) in [7, 11) is 1.65. The summed E-state index contributed by atoms with van der Waals surface area (Å²) < 4.78 is 10.6. The Kier molecular flexibility index (Phi) is 11.5. The molecule has 6 nitrogen and oxygen atoms in total. The second-order valence-electron chi connectivity index (χ2n) is 7.79. The molecule has 0 unspecified atom stereocenters. The fourth-order valence-corrected chi connectivity index (χ4v) is 3.44. The smallest absolute Gasteiger partial charge is 0.242 e. The zero-order valence-electron chi connectivity index (χ0n) is 18.9. The molecule has 1 aromatic heterocycles. The minimum Gasteiger partial charge on any atom is -0.467 e. The Balaban J connectivity index is 2.05. The molecule has 2 amide bonds. The molecule has 0 N–H and O–H groups in total. The predicted molar refractivity (Wildman–Crippen MR) is 121 cm³/mol. The number of methoxy groups -OCH3 is 1. The van der Waals surface area contributed by atoms with E-state index in [1.165, 1.54) is 0 Å². The maximum Gasteiger partial charge on any atom is 0.242 e. The van der Waals surface area contributed by atoms with E-state index < -0.39 is 0 Å². The normalized spacial score (nSPS) is 10.8. The summed E-state index contributed by atoms with van der Waals surface area (Å²) in [6, 6.07) is 13.5. The second-order valence-corrected chi connectivity index (χ2v) is 7.79. The number of unbranched alkanes of at least 4 members (excludes halogenated alkanes) is 3. The number of hydrogen-bond donors (Lipinski definition) is 0. The van der Waals surface area contributed by atoms with Crippen LogP contribution in [0.15, 0.2) is 53.1 Å². The van der Waals surface area contributed by atoms with Gasteiger partial charge < -0.3 is 19.0 Å². The van der Waals surface area contributed by atoms with E-state index >= 15 is 0 Å². The number of hydrogen-bond acceptors (Lipinski definition) is 4. The number of carbonyl (C=O) groups excluding carboxylic acids is 2. The number of nitrogens with zero attached hydrogens (tertiary/aromatic N) is 2. The molecule has 1 heterocycles. The third kappa shape index (κ3) is 9.39. The Bertz CT molecular complexity index is 746. The molecule has 0 saturated carbocycles. The fraction of sp³-hybridized carbons (Fsp3) is 0.520. The topological polar surface area (TPSA) is 63.0 Å². The van der Waals surface area contributed by atoms with Gasteiger partial charge >= 0.3 is 0 Å². The number of ether oxygens (including phenoxy) is 1. The molecule has 1 aromatic carbocycles. The van der Waals surface area contributed by atoms with Gasteiger partial charge in [0.15, 0.2) is 0 Å². The van der Waals surface area contributed by atoms with Crippen LogP contribution in [0.1, 0.15) is 56.8 Å². The summed E-state index contributed by atoms with van der Waals surface area (Å²) in [4.78, 5) is 29.5. The summed E-state index contributed by atoms with van der Waals surface area (Å²) in [5, 5.41) is 0. The molecule has 0 aliphatic heterocycles. The summed E-state index contributed by atoms with van der Waals surface area (Å²) in [5.41, 5.74) is 1.04. The van der Waals surface area contributed by atoms with Gasteiger partial charge in [0.1, 0.15) is 5.76 Å². The van der Waals surface area contributed by atoms with Crippen LogP contribution < -0.4 is 0 Å². The van der Waals surface area contributed by atoms with Crippen molar-refractivity contribution in [2.45, 2.75) is 58.5 Å². The van der Waals surface area contributed by atoms with Crippen LogP contribution in [0.5, 0.6) is 0 Å². The minimum atomic E-state index is -0.0837. The molecule has 31 heavy (non-hydrogen) atoms. The highest BCUT2D eigenvalue weighted by molar-refractivity contribution is 5.84. The van der Waals surface area contributed by atoms with Gasteiger partial charge in [-0.3, -0.25) is 9.59 Å². The lowest BCUT2D eigenvalue weighted by atomic mass is 10.1. The van der Waals surface area contributed by atoms with Gasteiger partial charge in [-0.15, -0.1) is 0 Å². The maximum absolute atomic E-state index is 13.3. The van der Waals surface area contributed by atoms with Crippen molar-refractivity contribution in [2.24, 2.45) is 0 Å². The standard InChI is InChI=1S/C25H36N2O4/c1-3-4-5-9-15-24(28)26(16-11-17-30-2)21-25(29)27(20-23-14-10-18-31-23)19-22-12-7-6-8-13-22/h6-8,10,12-14,18H,3-5,9,11,15-17,19-21H2,1-2H3. The third-order valence-electron chi connectivity index (χ3n) is 5.20. The number of benzene rings is 1. The molecule has 0 fully saturated rings. The minimum absolute atomic E-state index is 0.0400. The highest BCUT2D eigenvalue weighted by atomic mass is 16.5. The van der Waals surface area contributed by atoms with Gasteiger partial charge in [-0.2, -0.15) is 0 Å². The molecule has 0 bridgehead atoms. The fourth-order valence-electron chi connectivity index (χ4n) is 3.44. The summed E-state index contributed by atoms with van der Waals surface area (Å²) in [5.74, 6) is 0.680. The van der Waals surface area contributed by atoms with Crippen molar-refractivity contribution in [3.63, 3.8) is 0 Å². The Morgan fingerprint density at radius 2 is 1.71 bits per heavy atom. The Hall–Kier alpha value is -2.60. The van der Waals surface area contributed by atoms with Crippen LogP contribution in [0.3, 0.4) is 0 Å². The van der Waals surface area contributed by atoms with Crippen molar-refractivity contribution >= 4 is 11.8 Å². The molecule has 0 aliphatic rings. The number of amides is 2. The second kappa shape index (κ2) is 14.4. The van der Waals surface area contributed by atoms with Gasteiger partial charge in [-0.05, 0) is 30.5 Å². The number of furan rings is 1. The first-order valence-corrected chi connectivity index (χ1v) is 11.2. The highest BCUT2D eigenvalue weighted by Gasteiger charge is 2.22. The van der Waals surface area contributed by atoms with E-state index in [9.17, 15) is 9.59 Å². The summed E-state index contributed by atoms with van der Waals surface area (Å²) in [6.07, 6.45) is 6.97. The number of carbonyl (C=O) groups is 2. The predicted octanol–water partition coefficient (Wildman–Crippen LogP) is 4.64. The molecular weight excluding hydrogens is 392 g/mol. The van der Waals surface area contributed by atoms with Gasteiger partial charge in [-0.25, -0.2) is 0 Å². The summed E-state index contributed by atoms with van der Waals surface area (Å²) >= 11 is 0. The molecule has 0 saturated heterocycles. The molecule has 0 spiro atoms. The van der Waals surface area contributed by atoms with E-state index in [4.69, 9.17) is 9.15 Å². The van der Waals surface area contributed by atoms with Crippen LogP contribution in [0.25, 0.3) is 0 Å². The lowest BCUT2D eigenvalue weighted by molar-refractivity contribution is -0.141. The van der Waals surface area contributed by atoms with Crippen molar-refractivity contribution in [1.82, 2.24) is 9.80 Å². The molecule has 2 rings (SSSR count). The van der Waals surface area contributed by atoms with E-state index in [2.05, 4.69) is 6.92 Å². The van der Waals surface area contributed by atoms with Crippen LogP contribution in [-0.2, 0) is 27.4 Å². The van der Waals surface area contributed by atoms with Gasteiger partial charge in [0.2, 0.25) is 11.8 Å². The van der Waals surface area contributed by atoms with Crippen molar-refractivity contribution in [3.8, 4) is 0 Å². The van der Waals surface area contributed by atoms with Gasteiger partial charge in [0, 0.05) is 33.2 Å². The molecular formula is C25H36N2O4. The lowest BCUT2D eigenvalue weighted by Gasteiger charge is -2.27. The molecule has 2 aromatic rings. The van der Waals surface area contributed by atoms with Crippen LogP contribution in [0.4, 0.5) is 0 Å². The zero-order chi connectivity index (χ0) is 22.3. The molecule has 6 heteroatoms. The average Bonchev–Trinajstić information content (AvgIpc) is 3.29. The van der Waals surface area contributed by atoms with Crippen molar-refractivity contribution in [2.75, 3.05) is 26.8 Å². The molecule has 170 valence electrons. The third-order valence-corrected chi connectivity index (χ3v) is 5.20. The first-order chi connectivity index (χ1) is 15.1. The maximum atomic E-state index is 13.3. The zero-order valence-corrected chi connectivity index (χ0v) is 18.9. The Morgan fingerprint density at radius 1 is 0.903 bits per heavy atom. The largest absolute Gasteiger partial charge is 0.467 e. The van der Waals surface area contributed by atoms with Crippen LogP contribution in [-0.4, -0.2) is 48.4 Å². The quantitative estimate of drug-likeness (QED) is 0.388. The highest BCUT2D eigenvalue weighted by Crippen LogP contribution is 2.13. The van der Waals surface area contributed by atoms with E-state index in [0.717, 1.165) is 37.0 Å². The van der Waals surface area contributed by atoms with Crippen molar-refractivity contribution in [3.05, 3.63) is 60.1 Å². The van der Waals surface area contributed by atoms with E-state index in [1.807, 2.05) is 42.5 Å². The number of rotatable bonds is 15. The lowest BCUT2D eigenvalue weighted by Crippen LogP contribution is -2.43. The van der Waals surface area contributed by atoms with Gasteiger partial charge in [0.25, 0.3) is 0 Å². The first-order valence-electron chi connectivity index (χ1n) is 11.2. The van der Waals surface area contributed by atoms with Crippen LogP contribution in [0, 0.1) is 0 Å².